The first-order valence-electron chi connectivity index (χ1n) is 4.84. The predicted octanol–water partition coefficient (Wildman–Crippen LogP) is 2.36. The topological polar surface area (TPSA) is 52.3 Å². The first-order chi connectivity index (χ1) is 7.43. The summed E-state index contributed by atoms with van der Waals surface area (Å²) in [7, 11) is 0. The summed E-state index contributed by atoms with van der Waals surface area (Å²) in [5.74, 6) is -2.98. The average molecular weight is 229 g/mol. The Morgan fingerprint density at radius 3 is 2.62 bits per heavy atom. The predicted molar refractivity (Wildman–Crippen MR) is 55.9 cm³/mol. The van der Waals surface area contributed by atoms with Gasteiger partial charge in [0.25, 0.3) is 0 Å². The van der Waals surface area contributed by atoms with Gasteiger partial charge in [-0.1, -0.05) is 13.8 Å². The molecule has 16 heavy (non-hydrogen) atoms. The summed E-state index contributed by atoms with van der Waals surface area (Å²) in [5.41, 5.74) is 4.22. The Balaban J connectivity index is 2.95. The van der Waals surface area contributed by atoms with Crippen LogP contribution in [0.4, 0.5) is 14.5 Å². The van der Waals surface area contributed by atoms with Crippen LogP contribution in [0, 0.1) is 17.6 Å². The van der Waals surface area contributed by atoms with Crippen molar-refractivity contribution in [3.63, 3.8) is 0 Å². The zero-order valence-corrected chi connectivity index (χ0v) is 9.09. The van der Waals surface area contributed by atoms with Gasteiger partial charge >= 0.3 is 5.97 Å². The number of hydrogen-bond acceptors (Lipinski definition) is 3. The number of esters is 1. The lowest BCUT2D eigenvalue weighted by molar-refractivity contribution is 0.0448. The summed E-state index contributed by atoms with van der Waals surface area (Å²) in [4.78, 5) is 11.4. The second-order valence-corrected chi connectivity index (χ2v) is 3.82. The number of nitrogen functional groups attached to an aromatic ring is 1. The molecule has 0 saturated carbocycles. The Hall–Kier alpha value is -1.65. The first-order valence-corrected chi connectivity index (χ1v) is 4.84. The van der Waals surface area contributed by atoms with Gasteiger partial charge in [-0.3, -0.25) is 0 Å². The Labute approximate surface area is 92.2 Å². The summed E-state index contributed by atoms with van der Waals surface area (Å²) in [5, 5.41) is 0. The normalized spacial score (nSPS) is 10.6. The third-order valence-electron chi connectivity index (χ3n) is 1.87. The molecule has 0 bridgehead atoms. The molecule has 0 radical (unpaired) electrons. The molecule has 0 spiro atoms. The van der Waals surface area contributed by atoms with Gasteiger partial charge in [-0.05, 0) is 18.1 Å². The van der Waals surface area contributed by atoms with Crippen molar-refractivity contribution in [2.45, 2.75) is 13.8 Å². The molecule has 1 aromatic rings. The van der Waals surface area contributed by atoms with Crippen LogP contribution in [0.2, 0.25) is 0 Å². The van der Waals surface area contributed by atoms with Crippen LogP contribution in [0.25, 0.3) is 0 Å². The Bertz CT molecular complexity index is 405. The summed E-state index contributed by atoms with van der Waals surface area (Å²) in [6.07, 6.45) is 0. The van der Waals surface area contributed by atoms with Crippen LogP contribution in [0.1, 0.15) is 24.2 Å². The molecule has 0 unspecified atom stereocenters. The van der Waals surface area contributed by atoms with Gasteiger partial charge in [0.15, 0.2) is 5.82 Å². The highest BCUT2D eigenvalue weighted by atomic mass is 19.1. The highest BCUT2D eigenvalue weighted by Crippen LogP contribution is 2.19. The molecular formula is C11H13F2NO2. The second kappa shape index (κ2) is 4.92. The van der Waals surface area contributed by atoms with Gasteiger partial charge in [-0.15, -0.1) is 0 Å². The van der Waals surface area contributed by atoms with Gasteiger partial charge in [0.1, 0.15) is 11.4 Å². The number of benzene rings is 1. The molecule has 0 saturated heterocycles. The van der Waals surface area contributed by atoms with Gasteiger partial charge < -0.3 is 10.5 Å². The van der Waals surface area contributed by atoms with Gasteiger partial charge in [0.05, 0.1) is 12.3 Å². The molecule has 88 valence electrons. The maximum Gasteiger partial charge on any atom is 0.344 e. The minimum atomic E-state index is -1.08. The molecular weight excluding hydrogens is 216 g/mol. The zero-order valence-electron chi connectivity index (χ0n) is 9.09. The molecule has 0 aliphatic rings. The lowest BCUT2D eigenvalue weighted by atomic mass is 10.1. The highest BCUT2D eigenvalue weighted by molar-refractivity contribution is 5.91. The number of nitrogens with two attached hydrogens (primary N) is 1. The fourth-order valence-corrected chi connectivity index (χ4v) is 1.07. The van der Waals surface area contributed by atoms with E-state index < -0.39 is 23.2 Å². The molecule has 0 aliphatic carbocycles. The molecule has 2 N–H and O–H groups in total. The molecule has 5 heteroatoms. The van der Waals surface area contributed by atoms with Crippen LogP contribution in [-0.4, -0.2) is 12.6 Å². The monoisotopic (exact) mass is 229 g/mol. The van der Waals surface area contributed by atoms with Crippen molar-refractivity contribution in [3.8, 4) is 0 Å². The van der Waals surface area contributed by atoms with E-state index in [2.05, 4.69) is 0 Å². The molecule has 3 nitrogen and oxygen atoms in total. The lowest BCUT2D eigenvalue weighted by Crippen LogP contribution is -2.14. The Kier molecular flexibility index (Phi) is 3.82. The second-order valence-electron chi connectivity index (χ2n) is 3.82. The number of carbonyl (C=O) groups is 1. The van der Waals surface area contributed by atoms with Gasteiger partial charge in [0, 0.05) is 0 Å². The van der Waals surface area contributed by atoms with E-state index in [9.17, 15) is 13.6 Å². The first kappa shape index (κ1) is 12.4. The zero-order chi connectivity index (χ0) is 12.3. The Morgan fingerprint density at radius 1 is 1.44 bits per heavy atom. The number of anilines is 1. The van der Waals surface area contributed by atoms with Gasteiger partial charge in [-0.2, -0.15) is 0 Å². The van der Waals surface area contributed by atoms with Crippen molar-refractivity contribution >= 4 is 11.7 Å². The molecule has 1 aromatic carbocycles. The average Bonchev–Trinajstić information content (AvgIpc) is 2.21. The van der Waals surface area contributed by atoms with Crippen molar-refractivity contribution in [1.82, 2.24) is 0 Å². The summed E-state index contributed by atoms with van der Waals surface area (Å²) < 4.78 is 31.3. The summed E-state index contributed by atoms with van der Waals surface area (Å²) >= 11 is 0. The maximum absolute atomic E-state index is 13.4. The Morgan fingerprint density at radius 2 is 2.06 bits per heavy atom. The number of carbonyl (C=O) groups excluding carboxylic acids is 1. The van der Waals surface area contributed by atoms with E-state index in [0.29, 0.717) is 0 Å². The van der Waals surface area contributed by atoms with Crippen molar-refractivity contribution in [1.29, 1.82) is 0 Å². The van der Waals surface area contributed by atoms with Gasteiger partial charge in [0.2, 0.25) is 0 Å². The highest BCUT2D eigenvalue weighted by Gasteiger charge is 2.21. The third-order valence-corrected chi connectivity index (χ3v) is 1.87. The van der Waals surface area contributed by atoms with Crippen LogP contribution in [0.3, 0.4) is 0 Å². The van der Waals surface area contributed by atoms with E-state index >= 15 is 0 Å². The fraction of sp³-hybridized carbons (Fsp3) is 0.364. The largest absolute Gasteiger partial charge is 0.462 e. The smallest absolute Gasteiger partial charge is 0.344 e. The van der Waals surface area contributed by atoms with Crippen LogP contribution < -0.4 is 5.73 Å². The van der Waals surface area contributed by atoms with Crippen LogP contribution in [0.5, 0.6) is 0 Å². The fourth-order valence-electron chi connectivity index (χ4n) is 1.07. The number of ether oxygens (including phenoxy) is 1. The van der Waals surface area contributed by atoms with Crippen molar-refractivity contribution < 1.29 is 18.3 Å². The molecule has 0 aromatic heterocycles. The van der Waals surface area contributed by atoms with E-state index in [4.69, 9.17) is 10.5 Å². The molecule has 0 fully saturated rings. The third kappa shape index (κ3) is 2.68. The van der Waals surface area contributed by atoms with Crippen LogP contribution in [0.15, 0.2) is 12.1 Å². The SMILES string of the molecule is CC(C)COC(=O)c1c(F)ccc(N)c1F. The maximum atomic E-state index is 13.4. The number of hydrogen-bond donors (Lipinski definition) is 1. The van der Waals surface area contributed by atoms with Gasteiger partial charge in [-0.25, -0.2) is 13.6 Å². The number of rotatable bonds is 3. The molecule has 0 aliphatic heterocycles. The van der Waals surface area contributed by atoms with E-state index in [1.165, 1.54) is 0 Å². The van der Waals surface area contributed by atoms with Crippen molar-refractivity contribution in [2.75, 3.05) is 12.3 Å². The molecule has 0 heterocycles. The van der Waals surface area contributed by atoms with E-state index in [1.54, 1.807) is 0 Å². The number of halogens is 2. The van der Waals surface area contributed by atoms with E-state index in [-0.39, 0.29) is 18.2 Å². The minimum absolute atomic E-state index is 0.0936. The summed E-state index contributed by atoms with van der Waals surface area (Å²) in [6, 6.07) is 1.99. The minimum Gasteiger partial charge on any atom is -0.462 e. The van der Waals surface area contributed by atoms with E-state index in [0.717, 1.165) is 12.1 Å². The van der Waals surface area contributed by atoms with Crippen LogP contribution in [-0.2, 0) is 4.74 Å². The van der Waals surface area contributed by atoms with Crippen molar-refractivity contribution in [3.05, 3.63) is 29.3 Å². The lowest BCUT2D eigenvalue weighted by Gasteiger charge is -2.09. The van der Waals surface area contributed by atoms with E-state index in [1.807, 2.05) is 13.8 Å². The molecule has 0 amide bonds. The van der Waals surface area contributed by atoms with Crippen molar-refractivity contribution in [2.24, 2.45) is 5.92 Å². The standard InChI is InChI=1S/C11H13F2NO2/c1-6(2)5-16-11(15)9-7(12)3-4-8(14)10(9)13/h3-4,6H,5,14H2,1-2H3. The summed E-state index contributed by atoms with van der Waals surface area (Å²) in [6.45, 7) is 3.74. The molecule has 1 rings (SSSR count). The molecule has 0 atom stereocenters. The van der Waals surface area contributed by atoms with Crippen LogP contribution >= 0.6 is 0 Å². The quantitative estimate of drug-likeness (QED) is 0.639.